The lowest BCUT2D eigenvalue weighted by atomic mass is 9.91. The van der Waals surface area contributed by atoms with E-state index in [0.717, 1.165) is 36.0 Å². The normalized spacial score (nSPS) is 16.5. The van der Waals surface area contributed by atoms with E-state index in [1.807, 2.05) is 91.0 Å². The Kier molecular flexibility index (Phi) is 11.7. The molecule has 1 aliphatic rings. The SMILES string of the molecule is CCCCC[C@@H](C(=O)N1C(=O)OC[C@@H]1Cc1ccccc1)C(COCc1ccccc1)NOCc1ccccc1. The summed E-state index contributed by atoms with van der Waals surface area (Å²) in [4.78, 5) is 34.2. The topological polar surface area (TPSA) is 77.1 Å². The van der Waals surface area contributed by atoms with E-state index in [2.05, 4.69) is 12.4 Å². The van der Waals surface area contributed by atoms with Crippen LogP contribution >= 0.6 is 0 Å². The van der Waals surface area contributed by atoms with Gasteiger partial charge < -0.3 is 9.47 Å². The lowest BCUT2D eigenvalue weighted by Crippen LogP contribution is -2.51. The van der Waals surface area contributed by atoms with Crippen molar-refractivity contribution in [1.82, 2.24) is 10.4 Å². The number of nitrogens with one attached hydrogen (secondary N) is 1. The summed E-state index contributed by atoms with van der Waals surface area (Å²) in [5, 5.41) is 0. The van der Waals surface area contributed by atoms with Crippen LogP contribution in [0, 0.1) is 5.92 Å². The molecular weight excluding hydrogens is 504 g/mol. The van der Waals surface area contributed by atoms with Crippen LogP contribution in [0.3, 0.4) is 0 Å². The Morgan fingerprint density at radius 3 is 2.12 bits per heavy atom. The van der Waals surface area contributed by atoms with E-state index in [-0.39, 0.29) is 25.2 Å². The lowest BCUT2D eigenvalue weighted by molar-refractivity contribution is -0.138. The number of carbonyl (C=O) groups excluding carboxylic acids is 2. The summed E-state index contributed by atoms with van der Waals surface area (Å²) in [6.07, 6.45) is 3.44. The molecule has 0 bridgehead atoms. The smallest absolute Gasteiger partial charge is 0.416 e. The molecule has 0 aromatic heterocycles. The molecule has 0 radical (unpaired) electrons. The highest BCUT2D eigenvalue weighted by Crippen LogP contribution is 2.25. The standard InChI is InChI=1S/C33H40N2O5/c1-2-3-7-20-30(32(36)35-29(24-39-33(35)37)21-26-14-8-4-9-15-26)31(25-38-22-27-16-10-5-11-17-27)34-40-23-28-18-12-6-13-19-28/h4-6,8-19,29-31,34H,2-3,7,20-25H2,1H3/t29-,30+,31?/m0/s1. The third-order valence-electron chi connectivity index (χ3n) is 7.16. The molecule has 3 aromatic carbocycles. The predicted molar refractivity (Wildman–Crippen MR) is 154 cm³/mol. The Morgan fingerprint density at radius 1 is 0.900 bits per heavy atom. The van der Waals surface area contributed by atoms with Crippen LogP contribution in [0.1, 0.15) is 49.3 Å². The fraction of sp³-hybridized carbons (Fsp3) is 0.394. The van der Waals surface area contributed by atoms with Crippen LogP contribution in [0.5, 0.6) is 0 Å². The fourth-order valence-corrected chi connectivity index (χ4v) is 4.97. The van der Waals surface area contributed by atoms with E-state index >= 15 is 0 Å². The van der Waals surface area contributed by atoms with Gasteiger partial charge in [-0.2, -0.15) is 5.48 Å². The monoisotopic (exact) mass is 544 g/mol. The molecule has 0 saturated carbocycles. The number of unbranched alkanes of at least 4 members (excludes halogenated alkanes) is 2. The van der Waals surface area contributed by atoms with E-state index < -0.39 is 18.1 Å². The van der Waals surface area contributed by atoms with Crippen LogP contribution in [0.4, 0.5) is 4.79 Å². The molecule has 0 spiro atoms. The molecule has 1 N–H and O–H groups in total. The molecule has 40 heavy (non-hydrogen) atoms. The number of hydroxylamine groups is 1. The molecule has 3 aromatic rings. The first-order valence-corrected chi connectivity index (χ1v) is 14.2. The average Bonchev–Trinajstić information content (AvgIpc) is 3.35. The minimum absolute atomic E-state index is 0.189. The third kappa shape index (κ3) is 8.74. The minimum Gasteiger partial charge on any atom is -0.447 e. The summed E-state index contributed by atoms with van der Waals surface area (Å²) in [6.45, 7) is 3.32. The highest BCUT2D eigenvalue weighted by Gasteiger charge is 2.43. The molecule has 7 heteroatoms. The molecule has 1 unspecified atom stereocenters. The molecule has 3 atom stereocenters. The van der Waals surface area contributed by atoms with Gasteiger partial charge in [0.15, 0.2) is 0 Å². The molecular formula is C33H40N2O5. The van der Waals surface area contributed by atoms with E-state index in [1.165, 1.54) is 4.90 Å². The summed E-state index contributed by atoms with van der Waals surface area (Å²) >= 11 is 0. The molecule has 0 aliphatic carbocycles. The predicted octanol–water partition coefficient (Wildman–Crippen LogP) is 6.08. The van der Waals surface area contributed by atoms with Crippen molar-refractivity contribution in [2.24, 2.45) is 5.92 Å². The van der Waals surface area contributed by atoms with Gasteiger partial charge in [0.2, 0.25) is 5.91 Å². The van der Waals surface area contributed by atoms with Crippen molar-refractivity contribution >= 4 is 12.0 Å². The van der Waals surface area contributed by atoms with Crippen LogP contribution in [0.15, 0.2) is 91.0 Å². The molecule has 212 valence electrons. The van der Waals surface area contributed by atoms with Crippen LogP contribution in [0.25, 0.3) is 0 Å². The van der Waals surface area contributed by atoms with Gasteiger partial charge in [0.25, 0.3) is 0 Å². The second-order valence-corrected chi connectivity index (χ2v) is 10.2. The maximum Gasteiger partial charge on any atom is 0.416 e. The van der Waals surface area contributed by atoms with Gasteiger partial charge in [0.1, 0.15) is 6.61 Å². The number of amides is 2. The summed E-state index contributed by atoms with van der Waals surface area (Å²) in [6, 6.07) is 28.8. The van der Waals surface area contributed by atoms with Gasteiger partial charge in [-0.1, -0.05) is 117 Å². The van der Waals surface area contributed by atoms with Gasteiger partial charge >= 0.3 is 6.09 Å². The Labute approximate surface area is 237 Å². The van der Waals surface area contributed by atoms with Gasteiger partial charge in [-0.15, -0.1) is 0 Å². The van der Waals surface area contributed by atoms with Crippen molar-refractivity contribution in [3.05, 3.63) is 108 Å². The number of hydrogen-bond donors (Lipinski definition) is 1. The van der Waals surface area contributed by atoms with E-state index in [4.69, 9.17) is 14.3 Å². The van der Waals surface area contributed by atoms with Crippen molar-refractivity contribution < 1.29 is 23.9 Å². The zero-order valence-electron chi connectivity index (χ0n) is 23.2. The molecule has 7 nitrogen and oxygen atoms in total. The van der Waals surface area contributed by atoms with Crippen molar-refractivity contribution in [2.75, 3.05) is 13.2 Å². The fourth-order valence-electron chi connectivity index (χ4n) is 4.97. The quantitative estimate of drug-likeness (QED) is 0.174. The Bertz CT molecular complexity index is 1110. The highest BCUT2D eigenvalue weighted by molar-refractivity contribution is 5.95. The molecule has 1 aliphatic heterocycles. The third-order valence-corrected chi connectivity index (χ3v) is 7.16. The summed E-state index contributed by atoms with van der Waals surface area (Å²) in [7, 11) is 0. The van der Waals surface area contributed by atoms with Crippen molar-refractivity contribution in [2.45, 2.75) is 64.3 Å². The molecule has 1 heterocycles. The van der Waals surface area contributed by atoms with Gasteiger partial charge in [0.05, 0.1) is 37.8 Å². The van der Waals surface area contributed by atoms with E-state index in [9.17, 15) is 9.59 Å². The van der Waals surface area contributed by atoms with E-state index in [1.54, 1.807) is 0 Å². The van der Waals surface area contributed by atoms with Crippen LogP contribution in [-0.2, 0) is 38.7 Å². The number of benzene rings is 3. The van der Waals surface area contributed by atoms with Gasteiger partial charge in [0, 0.05) is 0 Å². The number of imide groups is 1. The van der Waals surface area contributed by atoms with Gasteiger partial charge in [-0.3, -0.25) is 9.63 Å². The molecule has 1 saturated heterocycles. The zero-order valence-corrected chi connectivity index (χ0v) is 23.2. The Hall–Kier alpha value is -3.52. The Morgan fingerprint density at radius 2 is 1.50 bits per heavy atom. The van der Waals surface area contributed by atoms with Gasteiger partial charge in [-0.05, 0) is 29.5 Å². The van der Waals surface area contributed by atoms with Crippen LogP contribution in [0.2, 0.25) is 0 Å². The maximum absolute atomic E-state index is 14.1. The first-order chi connectivity index (χ1) is 19.7. The van der Waals surface area contributed by atoms with Crippen LogP contribution < -0.4 is 5.48 Å². The van der Waals surface area contributed by atoms with Crippen molar-refractivity contribution in [1.29, 1.82) is 0 Å². The summed E-state index contributed by atoms with van der Waals surface area (Å²) in [5.41, 5.74) is 6.25. The number of rotatable bonds is 16. The second-order valence-electron chi connectivity index (χ2n) is 10.2. The van der Waals surface area contributed by atoms with Crippen molar-refractivity contribution in [3.8, 4) is 0 Å². The van der Waals surface area contributed by atoms with E-state index in [0.29, 0.717) is 26.1 Å². The highest BCUT2D eigenvalue weighted by atomic mass is 16.6. The summed E-state index contributed by atoms with van der Waals surface area (Å²) < 4.78 is 11.5. The van der Waals surface area contributed by atoms with Crippen molar-refractivity contribution in [3.63, 3.8) is 0 Å². The first-order valence-electron chi connectivity index (χ1n) is 14.2. The first kappa shape index (κ1) is 29.5. The summed E-state index contributed by atoms with van der Waals surface area (Å²) in [5.74, 6) is -0.773. The number of nitrogens with zero attached hydrogens (tertiary/aromatic N) is 1. The lowest BCUT2D eigenvalue weighted by Gasteiger charge is -2.31. The molecule has 2 amide bonds. The molecule has 1 fully saturated rings. The number of ether oxygens (including phenoxy) is 2. The maximum atomic E-state index is 14.1. The number of carbonyl (C=O) groups is 2. The Balaban J connectivity index is 1.51. The zero-order chi connectivity index (χ0) is 28.0. The van der Waals surface area contributed by atoms with Crippen LogP contribution in [-0.4, -0.2) is 42.2 Å². The average molecular weight is 545 g/mol. The number of hydrogen-bond acceptors (Lipinski definition) is 6. The largest absolute Gasteiger partial charge is 0.447 e. The molecule has 4 rings (SSSR count). The van der Waals surface area contributed by atoms with Gasteiger partial charge in [-0.25, -0.2) is 9.69 Å². The second kappa shape index (κ2) is 15.9. The minimum atomic E-state index is -0.583. The number of cyclic esters (lactones) is 1.